The minimum absolute atomic E-state index is 0.342. The molecule has 0 fully saturated rings. The van der Waals surface area contributed by atoms with E-state index in [1.54, 1.807) is 21.1 Å². The first-order valence-corrected chi connectivity index (χ1v) is 6.11. The maximum atomic E-state index is 10.9. The molecule has 106 valence electrons. The van der Waals surface area contributed by atoms with Crippen LogP contribution in [-0.4, -0.2) is 25.3 Å². The lowest BCUT2D eigenvalue weighted by molar-refractivity contribution is -0.141. The van der Waals surface area contributed by atoms with Crippen LogP contribution in [0.1, 0.15) is 30.5 Å². The molecule has 2 unspecified atom stereocenters. The summed E-state index contributed by atoms with van der Waals surface area (Å²) in [4.78, 5) is 10.9. The number of carbonyl (C=O) groups is 1. The Hall–Kier alpha value is -1.75. The first kappa shape index (κ1) is 15.3. The van der Waals surface area contributed by atoms with Crippen LogP contribution >= 0.6 is 0 Å². The lowest BCUT2D eigenvalue weighted by Gasteiger charge is -2.19. The van der Waals surface area contributed by atoms with Crippen LogP contribution in [0.15, 0.2) is 12.1 Å². The Morgan fingerprint density at radius 3 is 2.32 bits per heavy atom. The summed E-state index contributed by atoms with van der Waals surface area (Å²) in [6.07, 6.45) is 0.381. The van der Waals surface area contributed by atoms with Gasteiger partial charge in [-0.1, -0.05) is 6.92 Å². The predicted octanol–water partition coefficient (Wildman–Crippen LogP) is 2.12. The zero-order valence-corrected chi connectivity index (χ0v) is 11.8. The van der Waals surface area contributed by atoms with Crippen molar-refractivity contribution in [2.45, 2.75) is 26.3 Å². The second kappa shape index (κ2) is 6.43. The number of methoxy groups -OCH3 is 2. The topological polar surface area (TPSA) is 81.8 Å². The van der Waals surface area contributed by atoms with Crippen LogP contribution in [-0.2, 0) is 4.79 Å². The van der Waals surface area contributed by atoms with Gasteiger partial charge in [-0.3, -0.25) is 4.79 Å². The largest absolute Gasteiger partial charge is 0.493 e. The Kier molecular flexibility index (Phi) is 5.18. The molecule has 0 saturated carbocycles. The van der Waals surface area contributed by atoms with Gasteiger partial charge in [-0.15, -0.1) is 0 Å². The summed E-state index contributed by atoms with van der Waals surface area (Å²) in [6, 6.07) is 3.32. The van der Waals surface area contributed by atoms with E-state index in [9.17, 15) is 4.79 Å². The maximum Gasteiger partial charge on any atom is 0.306 e. The van der Waals surface area contributed by atoms with E-state index in [-0.39, 0.29) is 6.04 Å². The van der Waals surface area contributed by atoms with Crippen LogP contribution in [0.25, 0.3) is 0 Å². The van der Waals surface area contributed by atoms with Crippen LogP contribution in [0, 0.1) is 12.8 Å². The average molecular weight is 267 g/mol. The van der Waals surface area contributed by atoms with Crippen molar-refractivity contribution in [2.24, 2.45) is 11.7 Å². The van der Waals surface area contributed by atoms with E-state index in [0.717, 1.165) is 11.1 Å². The first-order valence-electron chi connectivity index (χ1n) is 6.11. The molecule has 0 bridgehead atoms. The number of ether oxygens (including phenoxy) is 2. The van der Waals surface area contributed by atoms with Crippen molar-refractivity contribution >= 4 is 5.97 Å². The smallest absolute Gasteiger partial charge is 0.306 e. The maximum absolute atomic E-state index is 10.9. The van der Waals surface area contributed by atoms with Gasteiger partial charge in [-0.2, -0.15) is 0 Å². The number of nitrogens with two attached hydrogens (primary N) is 1. The Balaban J connectivity index is 3.02. The van der Waals surface area contributed by atoms with E-state index in [4.69, 9.17) is 20.3 Å². The SMILES string of the molecule is COc1cc(C)c(C(N)CC(C)C(=O)O)cc1OC. The van der Waals surface area contributed by atoms with Crippen LogP contribution in [0.3, 0.4) is 0 Å². The zero-order valence-electron chi connectivity index (χ0n) is 11.8. The van der Waals surface area contributed by atoms with E-state index >= 15 is 0 Å². The van der Waals surface area contributed by atoms with Crippen molar-refractivity contribution in [1.29, 1.82) is 0 Å². The third kappa shape index (κ3) is 3.61. The standard InChI is InChI=1S/C14H21NO4/c1-8-6-12(18-3)13(19-4)7-10(8)11(15)5-9(2)14(16)17/h6-7,9,11H,5,15H2,1-4H3,(H,16,17). The molecular weight excluding hydrogens is 246 g/mol. The first-order chi connectivity index (χ1) is 8.90. The molecular formula is C14H21NO4. The highest BCUT2D eigenvalue weighted by Crippen LogP contribution is 2.33. The average Bonchev–Trinajstić information content (AvgIpc) is 2.37. The number of hydrogen-bond donors (Lipinski definition) is 2. The molecule has 0 aromatic heterocycles. The van der Waals surface area contributed by atoms with Crippen molar-refractivity contribution in [1.82, 2.24) is 0 Å². The normalized spacial score (nSPS) is 13.7. The number of hydrogen-bond acceptors (Lipinski definition) is 4. The molecule has 5 nitrogen and oxygen atoms in total. The number of rotatable bonds is 6. The van der Waals surface area contributed by atoms with E-state index in [1.807, 2.05) is 19.1 Å². The van der Waals surface area contributed by atoms with Gasteiger partial charge in [-0.05, 0) is 36.6 Å². The Morgan fingerprint density at radius 1 is 1.32 bits per heavy atom. The minimum Gasteiger partial charge on any atom is -0.493 e. The third-order valence-corrected chi connectivity index (χ3v) is 3.20. The van der Waals surface area contributed by atoms with Crippen molar-refractivity contribution in [3.63, 3.8) is 0 Å². The summed E-state index contributed by atoms with van der Waals surface area (Å²) < 4.78 is 10.4. The van der Waals surface area contributed by atoms with Crippen molar-refractivity contribution in [3.8, 4) is 11.5 Å². The Bertz CT molecular complexity index is 459. The van der Waals surface area contributed by atoms with Gasteiger partial charge in [0, 0.05) is 6.04 Å². The molecule has 0 aliphatic rings. The van der Waals surface area contributed by atoms with E-state index < -0.39 is 11.9 Å². The fourth-order valence-electron chi connectivity index (χ4n) is 2.00. The second-order valence-electron chi connectivity index (χ2n) is 4.65. The zero-order chi connectivity index (χ0) is 14.6. The lowest BCUT2D eigenvalue weighted by Crippen LogP contribution is -2.20. The monoisotopic (exact) mass is 267 g/mol. The van der Waals surface area contributed by atoms with Gasteiger partial charge in [0.15, 0.2) is 11.5 Å². The molecule has 0 heterocycles. The molecule has 0 saturated heterocycles. The molecule has 5 heteroatoms. The van der Waals surface area contributed by atoms with Gasteiger partial charge in [0.05, 0.1) is 20.1 Å². The van der Waals surface area contributed by atoms with E-state index in [0.29, 0.717) is 17.9 Å². The van der Waals surface area contributed by atoms with Crippen molar-refractivity contribution < 1.29 is 19.4 Å². The number of aliphatic carboxylic acids is 1. The molecule has 0 radical (unpaired) electrons. The molecule has 19 heavy (non-hydrogen) atoms. The Morgan fingerprint density at radius 2 is 1.84 bits per heavy atom. The number of benzene rings is 1. The molecule has 1 aromatic carbocycles. The summed E-state index contributed by atoms with van der Waals surface area (Å²) >= 11 is 0. The van der Waals surface area contributed by atoms with Gasteiger partial charge in [0.1, 0.15) is 0 Å². The molecule has 2 atom stereocenters. The molecule has 1 rings (SSSR count). The molecule has 0 aliphatic carbocycles. The molecule has 3 N–H and O–H groups in total. The highest BCUT2D eigenvalue weighted by molar-refractivity contribution is 5.69. The fourth-order valence-corrected chi connectivity index (χ4v) is 2.00. The van der Waals surface area contributed by atoms with Crippen LogP contribution in [0.4, 0.5) is 0 Å². The minimum atomic E-state index is -0.839. The van der Waals surface area contributed by atoms with Crippen molar-refractivity contribution in [3.05, 3.63) is 23.3 Å². The van der Waals surface area contributed by atoms with E-state index in [2.05, 4.69) is 0 Å². The van der Waals surface area contributed by atoms with Crippen LogP contribution in [0.2, 0.25) is 0 Å². The summed E-state index contributed by atoms with van der Waals surface area (Å²) in [5, 5.41) is 8.93. The summed E-state index contributed by atoms with van der Waals surface area (Å²) in [7, 11) is 3.13. The van der Waals surface area contributed by atoms with Gasteiger partial charge < -0.3 is 20.3 Å². The van der Waals surface area contributed by atoms with Gasteiger partial charge in [-0.25, -0.2) is 0 Å². The summed E-state index contributed by atoms with van der Waals surface area (Å²) in [5.41, 5.74) is 7.93. The van der Waals surface area contributed by atoms with Gasteiger partial charge >= 0.3 is 5.97 Å². The van der Waals surface area contributed by atoms with Crippen LogP contribution in [0.5, 0.6) is 11.5 Å². The summed E-state index contributed by atoms with van der Waals surface area (Å²) in [6.45, 7) is 3.57. The van der Waals surface area contributed by atoms with Crippen LogP contribution < -0.4 is 15.2 Å². The lowest BCUT2D eigenvalue weighted by atomic mass is 9.93. The highest BCUT2D eigenvalue weighted by Gasteiger charge is 2.19. The molecule has 0 aliphatic heterocycles. The quantitative estimate of drug-likeness (QED) is 0.825. The van der Waals surface area contributed by atoms with Gasteiger partial charge in [0.2, 0.25) is 0 Å². The fraction of sp³-hybridized carbons (Fsp3) is 0.500. The second-order valence-corrected chi connectivity index (χ2v) is 4.65. The van der Waals surface area contributed by atoms with E-state index in [1.165, 1.54) is 0 Å². The molecule has 0 amide bonds. The third-order valence-electron chi connectivity index (χ3n) is 3.20. The van der Waals surface area contributed by atoms with Gasteiger partial charge in [0.25, 0.3) is 0 Å². The molecule has 1 aromatic rings. The summed E-state index contributed by atoms with van der Waals surface area (Å²) in [5.74, 6) is -0.0835. The highest BCUT2D eigenvalue weighted by atomic mass is 16.5. The Labute approximate surface area is 113 Å². The predicted molar refractivity (Wildman–Crippen MR) is 72.6 cm³/mol. The number of aryl methyl sites for hydroxylation is 1. The number of carboxylic acid groups (broad SMARTS) is 1. The van der Waals surface area contributed by atoms with Crippen molar-refractivity contribution in [2.75, 3.05) is 14.2 Å². The number of carboxylic acids is 1. The molecule has 0 spiro atoms.